The second-order valence-electron chi connectivity index (χ2n) is 7.41. The molecule has 3 atom stereocenters. The minimum atomic E-state index is -1.05. The molecule has 0 radical (unpaired) electrons. The van der Waals surface area contributed by atoms with Gasteiger partial charge in [0.25, 0.3) is 5.91 Å². The lowest BCUT2D eigenvalue weighted by atomic mass is 9.83. The Bertz CT molecular complexity index is 941. The number of anilines is 1. The molecule has 7 heteroatoms. The molecule has 1 fully saturated rings. The van der Waals surface area contributed by atoms with E-state index in [1.807, 2.05) is 49.4 Å². The van der Waals surface area contributed by atoms with Crippen molar-refractivity contribution in [2.24, 2.45) is 11.7 Å². The highest BCUT2D eigenvalue weighted by Gasteiger charge is 2.44. The number of ether oxygens (including phenoxy) is 2. The van der Waals surface area contributed by atoms with Crippen molar-refractivity contribution in [3.63, 3.8) is 0 Å². The first-order valence-corrected chi connectivity index (χ1v) is 9.85. The quantitative estimate of drug-likeness (QED) is 0.738. The third-order valence-corrected chi connectivity index (χ3v) is 5.36. The predicted octanol–water partition coefficient (Wildman–Crippen LogP) is 2.90. The number of hydrogen-bond acceptors (Lipinski definition) is 5. The molecule has 2 amide bonds. The molecule has 1 aliphatic heterocycles. The molecule has 7 nitrogen and oxygen atoms in total. The summed E-state index contributed by atoms with van der Waals surface area (Å²) in [5.74, 6) is -1.50. The minimum absolute atomic E-state index is 0.0956. The topological polar surface area (TPSA) is 98.9 Å². The normalized spacial score (nSPS) is 19.8. The van der Waals surface area contributed by atoms with Crippen LogP contribution in [-0.2, 0) is 19.1 Å². The Labute approximate surface area is 175 Å². The lowest BCUT2D eigenvalue weighted by Crippen LogP contribution is -2.47. The number of esters is 1. The Morgan fingerprint density at radius 1 is 1.13 bits per heavy atom. The van der Waals surface area contributed by atoms with Crippen molar-refractivity contribution >= 4 is 23.5 Å². The third kappa shape index (κ3) is 4.30. The van der Waals surface area contributed by atoms with E-state index in [9.17, 15) is 14.4 Å². The average molecular weight is 410 g/mol. The van der Waals surface area contributed by atoms with Crippen molar-refractivity contribution in [1.82, 2.24) is 0 Å². The summed E-state index contributed by atoms with van der Waals surface area (Å²) < 4.78 is 10.8. The van der Waals surface area contributed by atoms with Crippen LogP contribution in [0.5, 0.6) is 5.75 Å². The maximum atomic E-state index is 13.0. The Morgan fingerprint density at radius 2 is 1.80 bits per heavy atom. The van der Waals surface area contributed by atoms with Gasteiger partial charge in [-0.2, -0.15) is 0 Å². The standard InChI is InChI=1S/C23H26N2O5/c1-14-8-10-16(11-9-14)25-20(26)13-12-18(23(28)30-15(2)22(24)27)21(25)17-6-4-5-7-19(17)29-3/h4-11,15,18,21H,12-13H2,1-3H3,(H2,24,27)/t15-,18-,21-/m0/s1. The third-order valence-electron chi connectivity index (χ3n) is 5.36. The van der Waals surface area contributed by atoms with Crippen LogP contribution in [-0.4, -0.2) is 31.0 Å². The summed E-state index contributed by atoms with van der Waals surface area (Å²) in [6, 6.07) is 14.2. The maximum absolute atomic E-state index is 13.0. The van der Waals surface area contributed by atoms with Gasteiger partial charge in [0.2, 0.25) is 5.91 Å². The Balaban J connectivity index is 2.09. The predicted molar refractivity (Wildman–Crippen MR) is 112 cm³/mol. The number of methoxy groups -OCH3 is 1. The number of piperidine rings is 1. The SMILES string of the molecule is COc1ccccc1[C@H]1[C@@H](C(=O)O[C@@H](C)C(N)=O)CCC(=O)N1c1ccc(C)cc1. The summed E-state index contributed by atoms with van der Waals surface area (Å²) in [5.41, 5.74) is 7.70. The fourth-order valence-corrected chi connectivity index (χ4v) is 3.74. The number of para-hydroxylation sites is 1. The molecule has 2 aromatic rings. The first-order chi connectivity index (χ1) is 14.3. The summed E-state index contributed by atoms with van der Waals surface area (Å²) in [5, 5.41) is 0. The van der Waals surface area contributed by atoms with Crippen molar-refractivity contribution in [2.45, 2.75) is 38.8 Å². The molecule has 0 bridgehead atoms. The van der Waals surface area contributed by atoms with Gasteiger partial charge in [-0.1, -0.05) is 35.9 Å². The highest BCUT2D eigenvalue weighted by molar-refractivity contribution is 5.97. The summed E-state index contributed by atoms with van der Waals surface area (Å²) >= 11 is 0. The fourth-order valence-electron chi connectivity index (χ4n) is 3.74. The van der Waals surface area contributed by atoms with Crippen molar-refractivity contribution in [2.75, 3.05) is 12.0 Å². The zero-order valence-electron chi connectivity index (χ0n) is 17.3. The van der Waals surface area contributed by atoms with E-state index < -0.39 is 29.9 Å². The first kappa shape index (κ1) is 21.4. The van der Waals surface area contributed by atoms with Crippen LogP contribution in [0.25, 0.3) is 0 Å². The van der Waals surface area contributed by atoms with Crippen LogP contribution in [0.3, 0.4) is 0 Å². The smallest absolute Gasteiger partial charge is 0.312 e. The molecule has 3 rings (SSSR count). The molecule has 2 N–H and O–H groups in total. The van der Waals surface area contributed by atoms with E-state index in [1.54, 1.807) is 18.1 Å². The number of primary amides is 1. The van der Waals surface area contributed by atoms with E-state index >= 15 is 0 Å². The van der Waals surface area contributed by atoms with Gasteiger partial charge in [-0.25, -0.2) is 0 Å². The van der Waals surface area contributed by atoms with Crippen LogP contribution in [0.1, 0.15) is 36.9 Å². The number of hydrogen-bond donors (Lipinski definition) is 1. The van der Waals surface area contributed by atoms with Gasteiger partial charge in [-0.3, -0.25) is 14.4 Å². The molecule has 0 aromatic heterocycles. The fraction of sp³-hybridized carbons (Fsp3) is 0.348. The van der Waals surface area contributed by atoms with Gasteiger partial charge in [0.1, 0.15) is 5.75 Å². The second-order valence-corrected chi connectivity index (χ2v) is 7.41. The number of nitrogens with zero attached hydrogens (tertiary/aromatic N) is 1. The summed E-state index contributed by atoms with van der Waals surface area (Å²) in [6.07, 6.45) is -0.570. The zero-order valence-corrected chi connectivity index (χ0v) is 17.3. The molecule has 0 saturated carbocycles. The van der Waals surface area contributed by atoms with Crippen LogP contribution in [0, 0.1) is 12.8 Å². The minimum Gasteiger partial charge on any atom is -0.496 e. The van der Waals surface area contributed by atoms with Crippen LogP contribution >= 0.6 is 0 Å². The van der Waals surface area contributed by atoms with Gasteiger partial charge in [-0.15, -0.1) is 0 Å². The number of nitrogens with two attached hydrogens (primary N) is 1. The lowest BCUT2D eigenvalue weighted by molar-refractivity contribution is -0.159. The number of carbonyl (C=O) groups is 3. The molecule has 158 valence electrons. The Kier molecular flexibility index (Phi) is 6.40. The van der Waals surface area contributed by atoms with E-state index in [0.717, 1.165) is 5.56 Å². The van der Waals surface area contributed by atoms with Crippen molar-refractivity contribution < 1.29 is 23.9 Å². The highest BCUT2D eigenvalue weighted by Crippen LogP contribution is 2.43. The molecule has 1 heterocycles. The molecule has 30 heavy (non-hydrogen) atoms. The molecule has 1 aliphatic rings. The molecule has 1 saturated heterocycles. The monoisotopic (exact) mass is 410 g/mol. The number of rotatable bonds is 6. The second kappa shape index (κ2) is 8.98. The number of carbonyl (C=O) groups excluding carboxylic acids is 3. The Morgan fingerprint density at radius 3 is 2.43 bits per heavy atom. The van der Waals surface area contributed by atoms with Crippen LogP contribution in [0.4, 0.5) is 5.69 Å². The van der Waals surface area contributed by atoms with E-state index in [0.29, 0.717) is 23.4 Å². The van der Waals surface area contributed by atoms with E-state index in [1.165, 1.54) is 6.92 Å². The largest absolute Gasteiger partial charge is 0.496 e. The Hall–Kier alpha value is -3.35. The lowest BCUT2D eigenvalue weighted by Gasteiger charge is -2.41. The average Bonchev–Trinajstić information content (AvgIpc) is 2.74. The van der Waals surface area contributed by atoms with Crippen LogP contribution < -0.4 is 15.4 Å². The number of amides is 2. The van der Waals surface area contributed by atoms with Crippen LogP contribution in [0.2, 0.25) is 0 Å². The molecule has 0 aliphatic carbocycles. The van der Waals surface area contributed by atoms with Gasteiger partial charge >= 0.3 is 5.97 Å². The molecule has 0 unspecified atom stereocenters. The molecular weight excluding hydrogens is 384 g/mol. The van der Waals surface area contributed by atoms with E-state index in [4.69, 9.17) is 15.2 Å². The van der Waals surface area contributed by atoms with E-state index in [2.05, 4.69) is 0 Å². The molecular formula is C23H26N2O5. The van der Waals surface area contributed by atoms with Crippen molar-refractivity contribution in [3.05, 3.63) is 59.7 Å². The van der Waals surface area contributed by atoms with E-state index in [-0.39, 0.29) is 12.3 Å². The maximum Gasteiger partial charge on any atom is 0.312 e. The zero-order chi connectivity index (χ0) is 21.8. The van der Waals surface area contributed by atoms with Crippen molar-refractivity contribution in [3.8, 4) is 5.75 Å². The highest BCUT2D eigenvalue weighted by atomic mass is 16.5. The number of aryl methyl sites for hydroxylation is 1. The summed E-state index contributed by atoms with van der Waals surface area (Å²) in [4.78, 5) is 39.1. The summed E-state index contributed by atoms with van der Waals surface area (Å²) in [6.45, 7) is 3.40. The van der Waals surface area contributed by atoms with Gasteiger partial charge in [0.05, 0.1) is 19.1 Å². The summed E-state index contributed by atoms with van der Waals surface area (Å²) in [7, 11) is 1.54. The van der Waals surface area contributed by atoms with Gasteiger partial charge in [0, 0.05) is 17.7 Å². The van der Waals surface area contributed by atoms with Crippen molar-refractivity contribution in [1.29, 1.82) is 0 Å². The first-order valence-electron chi connectivity index (χ1n) is 9.85. The van der Waals surface area contributed by atoms with Gasteiger partial charge in [0.15, 0.2) is 6.10 Å². The van der Waals surface area contributed by atoms with Crippen LogP contribution in [0.15, 0.2) is 48.5 Å². The van der Waals surface area contributed by atoms with Gasteiger partial charge in [-0.05, 0) is 38.5 Å². The molecule has 0 spiro atoms. The van der Waals surface area contributed by atoms with Gasteiger partial charge < -0.3 is 20.1 Å². The number of benzene rings is 2. The molecule has 2 aromatic carbocycles.